The maximum atomic E-state index is 12.4. The average Bonchev–Trinajstić information content (AvgIpc) is 2.97. The third-order valence-electron chi connectivity index (χ3n) is 3.46. The molecular formula is C18H16N2O2S2. The predicted molar refractivity (Wildman–Crippen MR) is 100 cm³/mol. The fourth-order valence-corrected chi connectivity index (χ4v) is 4.38. The van der Waals surface area contributed by atoms with Crippen LogP contribution in [-0.2, 0) is 4.79 Å². The molecule has 0 aliphatic rings. The van der Waals surface area contributed by atoms with Crippen molar-refractivity contribution in [2.24, 2.45) is 0 Å². The Balaban J connectivity index is 1.68. The quantitative estimate of drug-likeness (QED) is 0.535. The van der Waals surface area contributed by atoms with Crippen LogP contribution in [0.15, 0.2) is 52.9 Å². The SMILES string of the molecule is CC(=O)c1cccc(NC(=O)[C@@H](C)Sc2nc3ccccc3s2)c1. The summed E-state index contributed by atoms with van der Waals surface area (Å²) in [6, 6.07) is 14.9. The number of para-hydroxylation sites is 1. The van der Waals surface area contributed by atoms with E-state index in [1.807, 2.05) is 31.2 Å². The van der Waals surface area contributed by atoms with Crippen LogP contribution in [0.2, 0.25) is 0 Å². The largest absolute Gasteiger partial charge is 0.325 e. The molecule has 0 aliphatic heterocycles. The Morgan fingerprint density at radius 2 is 1.96 bits per heavy atom. The number of thioether (sulfide) groups is 1. The first kappa shape index (κ1) is 16.7. The summed E-state index contributed by atoms with van der Waals surface area (Å²) in [7, 11) is 0. The number of carbonyl (C=O) groups excluding carboxylic acids is 2. The lowest BCUT2D eigenvalue weighted by Gasteiger charge is -2.11. The number of fused-ring (bicyclic) bond motifs is 1. The molecule has 1 heterocycles. The lowest BCUT2D eigenvalue weighted by atomic mass is 10.1. The summed E-state index contributed by atoms with van der Waals surface area (Å²) >= 11 is 3.02. The zero-order valence-electron chi connectivity index (χ0n) is 13.3. The average molecular weight is 356 g/mol. The number of Topliss-reactive ketones (excluding diaryl/α,β-unsaturated/α-hetero) is 1. The van der Waals surface area contributed by atoms with Crippen LogP contribution in [0, 0.1) is 0 Å². The Morgan fingerprint density at radius 1 is 1.17 bits per heavy atom. The molecule has 0 spiro atoms. The second kappa shape index (κ2) is 7.15. The number of ketones is 1. The van der Waals surface area contributed by atoms with Crippen molar-refractivity contribution in [1.29, 1.82) is 0 Å². The minimum Gasteiger partial charge on any atom is -0.325 e. The number of thiazole rings is 1. The van der Waals surface area contributed by atoms with Gasteiger partial charge in [-0.05, 0) is 38.1 Å². The zero-order valence-corrected chi connectivity index (χ0v) is 14.9. The summed E-state index contributed by atoms with van der Waals surface area (Å²) in [5.74, 6) is -0.136. The molecule has 1 atom stereocenters. The van der Waals surface area contributed by atoms with E-state index in [0.29, 0.717) is 11.3 Å². The van der Waals surface area contributed by atoms with Gasteiger partial charge in [-0.3, -0.25) is 9.59 Å². The second-order valence-electron chi connectivity index (χ2n) is 5.33. The Bertz CT molecular complexity index is 872. The number of hydrogen-bond acceptors (Lipinski definition) is 5. The van der Waals surface area contributed by atoms with Gasteiger partial charge >= 0.3 is 0 Å². The number of rotatable bonds is 5. The Kier molecular flexibility index (Phi) is 4.97. The summed E-state index contributed by atoms with van der Waals surface area (Å²) in [6.45, 7) is 3.35. The van der Waals surface area contributed by atoms with Crippen LogP contribution >= 0.6 is 23.1 Å². The van der Waals surface area contributed by atoms with Crippen molar-refractivity contribution in [3.63, 3.8) is 0 Å². The zero-order chi connectivity index (χ0) is 17.1. The van der Waals surface area contributed by atoms with Crippen molar-refractivity contribution in [1.82, 2.24) is 4.98 Å². The summed E-state index contributed by atoms with van der Waals surface area (Å²) < 4.78 is 1.98. The van der Waals surface area contributed by atoms with Crippen molar-refractivity contribution in [3.05, 3.63) is 54.1 Å². The standard InChI is InChI=1S/C18H16N2O2S2/c1-11(21)13-6-5-7-14(10-13)19-17(22)12(2)23-18-20-15-8-3-4-9-16(15)24-18/h3-10,12H,1-2H3,(H,19,22)/t12-/m1/s1. The predicted octanol–water partition coefficient (Wildman–Crippen LogP) is 4.62. The van der Waals surface area contributed by atoms with Crippen molar-refractivity contribution < 1.29 is 9.59 Å². The minimum absolute atomic E-state index is 0.0250. The number of hydrogen-bond donors (Lipinski definition) is 1. The molecule has 0 saturated carbocycles. The fraction of sp³-hybridized carbons (Fsp3) is 0.167. The van der Waals surface area contributed by atoms with Crippen LogP contribution in [0.4, 0.5) is 5.69 Å². The van der Waals surface area contributed by atoms with Gasteiger partial charge in [-0.25, -0.2) is 4.98 Å². The van der Waals surface area contributed by atoms with Crippen molar-refractivity contribution >= 4 is 50.7 Å². The highest BCUT2D eigenvalue weighted by molar-refractivity contribution is 8.02. The van der Waals surface area contributed by atoms with E-state index in [0.717, 1.165) is 14.6 Å². The molecule has 1 N–H and O–H groups in total. The summed E-state index contributed by atoms with van der Waals surface area (Å²) in [5, 5.41) is 2.57. The minimum atomic E-state index is -0.286. The maximum absolute atomic E-state index is 12.4. The van der Waals surface area contributed by atoms with E-state index in [1.54, 1.807) is 35.6 Å². The van der Waals surface area contributed by atoms with Gasteiger partial charge < -0.3 is 5.32 Å². The smallest absolute Gasteiger partial charge is 0.237 e. The van der Waals surface area contributed by atoms with Gasteiger partial charge in [0.1, 0.15) is 0 Å². The normalized spacial score (nSPS) is 12.1. The molecule has 6 heteroatoms. The van der Waals surface area contributed by atoms with E-state index < -0.39 is 0 Å². The molecule has 0 unspecified atom stereocenters. The Morgan fingerprint density at radius 3 is 2.71 bits per heavy atom. The van der Waals surface area contributed by atoms with Gasteiger partial charge in [0.15, 0.2) is 10.1 Å². The van der Waals surface area contributed by atoms with Gasteiger partial charge in [0.2, 0.25) is 5.91 Å². The van der Waals surface area contributed by atoms with Gasteiger partial charge in [-0.1, -0.05) is 36.0 Å². The van der Waals surface area contributed by atoms with Crippen LogP contribution < -0.4 is 5.32 Å². The molecule has 24 heavy (non-hydrogen) atoms. The van der Waals surface area contributed by atoms with E-state index in [1.165, 1.54) is 18.7 Å². The molecular weight excluding hydrogens is 340 g/mol. The molecule has 0 saturated heterocycles. The molecule has 0 bridgehead atoms. The van der Waals surface area contributed by atoms with Gasteiger partial charge in [0, 0.05) is 11.3 Å². The highest BCUT2D eigenvalue weighted by Crippen LogP contribution is 2.32. The van der Waals surface area contributed by atoms with E-state index in [2.05, 4.69) is 10.3 Å². The van der Waals surface area contributed by atoms with E-state index in [-0.39, 0.29) is 16.9 Å². The van der Waals surface area contributed by atoms with Crippen molar-refractivity contribution in [2.75, 3.05) is 5.32 Å². The second-order valence-corrected chi connectivity index (χ2v) is 7.95. The lowest BCUT2D eigenvalue weighted by Crippen LogP contribution is -2.22. The van der Waals surface area contributed by atoms with Crippen molar-refractivity contribution in [3.8, 4) is 0 Å². The number of nitrogens with one attached hydrogen (secondary N) is 1. The molecule has 2 aromatic carbocycles. The lowest BCUT2D eigenvalue weighted by molar-refractivity contribution is -0.115. The van der Waals surface area contributed by atoms with Gasteiger partial charge in [0.05, 0.1) is 15.5 Å². The highest BCUT2D eigenvalue weighted by Gasteiger charge is 2.17. The molecule has 0 radical (unpaired) electrons. The first-order valence-electron chi connectivity index (χ1n) is 7.47. The number of carbonyl (C=O) groups is 2. The summed E-state index contributed by atoms with van der Waals surface area (Å²) in [5.41, 5.74) is 2.16. The van der Waals surface area contributed by atoms with E-state index >= 15 is 0 Å². The van der Waals surface area contributed by atoms with E-state index in [4.69, 9.17) is 0 Å². The number of benzene rings is 2. The first-order valence-corrected chi connectivity index (χ1v) is 9.16. The molecule has 1 amide bonds. The summed E-state index contributed by atoms with van der Waals surface area (Å²) in [4.78, 5) is 28.3. The Labute approximate surface area is 148 Å². The van der Waals surface area contributed by atoms with Crippen LogP contribution in [-0.4, -0.2) is 21.9 Å². The van der Waals surface area contributed by atoms with E-state index in [9.17, 15) is 9.59 Å². The molecule has 1 aromatic heterocycles. The number of nitrogens with zero attached hydrogens (tertiary/aromatic N) is 1. The summed E-state index contributed by atoms with van der Waals surface area (Å²) in [6.07, 6.45) is 0. The van der Waals surface area contributed by atoms with Crippen molar-refractivity contribution in [2.45, 2.75) is 23.4 Å². The van der Waals surface area contributed by atoms with Gasteiger partial charge in [-0.2, -0.15) is 0 Å². The third kappa shape index (κ3) is 3.83. The van der Waals surface area contributed by atoms with Crippen LogP contribution in [0.3, 0.4) is 0 Å². The number of aromatic nitrogens is 1. The monoisotopic (exact) mass is 356 g/mol. The maximum Gasteiger partial charge on any atom is 0.237 e. The number of amides is 1. The van der Waals surface area contributed by atoms with Crippen LogP contribution in [0.25, 0.3) is 10.2 Å². The first-order chi connectivity index (χ1) is 11.5. The molecule has 0 aliphatic carbocycles. The van der Waals surface area contributed by atoms with Crippen LogP contribution in [0.5, 0.6) is 0 Å². The number of anilines is 1. The molecule has 4 nitrogen and oxygen atoms in total. The fourth-order valence-electron chi connectivity index (χ4n) is 2.17. The molecule has 3 aromatic rings. The Hall–Kier alpha value is -2.18. The van der Waals surface area contributed by atoms with Gasteiger partial charge in [0.25, 0.3) is 0 Å². The van der Waals surface area contributed by atoms with Crippen LogP contribution in [0.1, 0.15) is 24.2 Å². The topological polar surface area (TPSA) is 59.1 Å². The molecule has 0 fully saturated rings. The molecule has 122 valence electrons. The third-order valence-corrected chi connectivity index (χ3v) is 5.69. The highest BCUT2D eigenvalue weighted by atomic mass is 32.2. The van der Waals surface area contributed by atoms with Gasteiger partial charge in [-0.15, -0.1) is 11.3 Å². The molecule has 3 rings (SSSR count).